The van der Waals surface area contributed by atoms with Gasteiger partial charge in [0.05, 0.1) is 6.10 Å². The lowest BCUT2D eigenvalue weighted by atomic mass is 9.61. The van der Waals surface area contributed by atoms with E-state index in [1.807, 2.05) is 7.11 Å². The molecule has 0 N–H and O–H groups in total. The van der Waals surface area contributed by atoms with Gasteiger partial charge in [-0.25, -0.2) is 0 Å². The molecule has 0 amide bonds. The van der Waals surface area contributed by atoms with Gasteiger partial charge in [0.25, 0.3) is 0 Å². The number of fused-ring (bicyclic) bond motifs is 2. The summed E-state index contributed by atoms with van der Waals surface area (Å²) in [6.07, 6.45) is 20.7. The van der Waals surface area contributed by atoms with E-state index >= 15 is 0 Å². The average molecular weight is 399 g/mol. The maximum Gasteiger partial charge on any atom is 0.0813 e. The molecule has 4 aliphatic rings. The molecule has 0 aromatic rings. The topological polar surface area (TPSA) is 9.23 Å². The van der Waals surface area contributed by atoms with Crippen LogP contribution in [0.5, 0.6) is 0 Å². The van der Waals surface area contributed by atoms with Gasteiger partial charge < -0.3 is 4.74 Å². The first-order valence-electron chi connectivity index (χ1n) is 12.7. The van der Waals surface area contributed by atoms with Gasteiger partial charge in [-0.3, -0.25) is 0 Å². The van der Waals surface area contributed by atoms with Crippen molar-refractivity contribution < 1.29 is 4.74 Å². The molecule has 1 nitrogen and oxygen atoms in total. The highest BCUT2D eigenvalue weighted by molar-refractivity contribution is 5.25. The van der Waals surface area contributed by atoms with E-state index in [2.05, 4.69) is 52.8 Å². The summed E-state index contributed by atoms with van der Waals surface area (Å²) in [5.74, 6) is 4.72. The van der Waals surface area contributed by atoms with Crippen molar-refractivity contribution in [3.05, 3.63) is 23.8 Å². The van der Waals surface area contributed by atoms with Crippen LogP contribution in [-0.4, -0.2) is 13.2 Å². The third-order valence-corrected chi connectivity index (χ3v) is 10.1. The van der Waals surface area contributed by atoms with E-state index in [0.717, 1.165) is 23.7 Å². The zero-order valence-corrected chi connectivity index (χ0v) is 20.0. The van der Waals surface area contributed by atoms with Crippen LogP contribution in [0.2, 0.25) is 0 Å². The van der Waals surface area contributed by atoms with Crippen molar-refractivity contribution in [2.45, 2.75) is 98.5 Å². The van der Waals surface area contributed by atoms with Crippen LogP contribution in [0.4, 0.5) is 0 Å². The highest BCUT2D eigenvalue weighted by atomic mass is 16.5. The standard InChI is InChI=1S/C28H46O/c1-19(2)20(3)11-12-21(4)24-13-14-25-22(9-7-15-27(24,25)5)17-26(29-6)28-16-8-10-23(28)18-28/h11-12,17,19-21,23-26H,7-10,13-16,18H2,1-6H3/b12-11+,22-17+/t20-,21+,23?,24+,25-,26+,27+,28?/m0/s1. The number of hydrogen-bond acceptors (Lipinski definition) is 1. The fourth-order valence-corrected chi connectivity index (χ4v) is 7.78. The van der Waals surface area contributed by atoms with Crippen molar-refractivity contribution in [3.8, 4) is 0 Å². The molecule has 0 bridgehead atoms. The molecular formula is C28H46O. The molecule has 4 aliphatic carbocycles. The van der Waals surface area contributed by atoms with Gasteiger partial charge in [-0.1, -0.05) is 64.8 Å². The maximum absolute atomic E-state index is 6.14. The van der Waals surface area contributed by atoms with Crippen LogP contribution in [0, 0.1) is 46.3 Å². The van der Waals surface area contributed by atoms with Gasteiger partial charge in [-0.2, -0.15) is 0 Å². The SMILES string of the molecule is CO[C@H](/C=C1\CCC[C@]2(C)[C@@H]([C@H](C)/C=C/[C@H](C)C(C)C)CC[C@@H]12)C12CCCC1C2. The van der Waals surface area contributed by atoms with Gasteiger partial charge >= 0.3 is 0 Å². The lowest BCUT2D eigenvalue weighted by molar-refractivity contribution is 0.0684. The van der Waals surface area contributed by atoms with Crippen LogP contribution < -0.4 is 0 Å². The Bertz CT molecular complexity index is 645. The van der Waals surface area contributed by atoms with Crippen molar-refractivity contribution in [2.24, 2.45) is 46.3 Å². The molecular weight excluding hydrogens is 352 g/mol. The van der Waals surface area contributed by atoms with Crippen LogP contribution in [0.25, 0.3) is 0 Å². The van der Waals surface area contributed by atoms with E-state index in [0.29, 0.717) is 28.8 Å². The molecule has 0 spiro atoms. The van der Waals surface area contributed by atoms with Crippen molar-refractivity contribution in [3.63, 3.8) is 0 Å². The molecule has 8 atom stereocenters. The van der Waals surface area contributed by atoms with Gasteiger partial charge in [0.15, 0.2) is 0 Å². The summed E-state index contributed by atoms with van der Waals surface area (Å²) >= 11 is 0. The molecule has 0 heterocycles. The first-order chi connectivity index (χ1) is 13.8. The Morgan fingerprint density at radius 1 is 1.00 bits per heavy atom. The molecule has 164 valence electrons. The smallest absolute Gasteiger partial charge is 0.0813 e. The molecule has 1 heteroatoms. The van der Waals surface area contributed by atoms with Gasteiger partial charge in [0.2, 0.25) is 0 Å². The van der Waals surface area contributed by atoms with E-state index < -0.39 is 0 Å². The maximum atomic E-state index is 6.14. The highest BCUT2D eigenvalue weighted by Gasteiger charge is 2.61. The number of hydrogen-bond donors (Lipinski definition) is 0. The number of methoxy groups -OCH3 is 1. The van der Waals surface area contributed by atoms with Crippen molar-refractivity contribution in [1.29, 1.82) is 0 Å². The van der Waals surface area contributed by atoms with Crippen molar-refractivity contribution in [2.75, 3.05) is 7.11 Å². The second-order valence-corrected chi connectivity index (χ2v) is 11.9. The van der Waals surface area contributed by atoms with E-state index in [-0.39, 0.29) is 0 Å². The van der Waals surface area contributed by atoms with Gasteiger partial charge in [-0.05, 0) is 92.3 Å². The molecule has 4 saturated carbocycles. The molecule has 0 radical (unpaired) electrons. The minimum Gasteiger partial charge on any atom is -0.377 e. The summed E-state index contributed by atoms with van der Waals surface area (Å²) in [6.45, 7) is 12.2. The van der Waals surface area contributed by atoms with Crippen LogP contribution in [0.1, 0.15) is 92.4 Å². The molecule has 29 heavy (non-hydrogen) atoms. The Hall–Kier alpha value is -0.560. The zero-order chi connectivity index (χ0) is 20.8. The van der Waals surface area contributed by atoms with E-state index in [1.54, 1.807) is 5.57 Å². The summed E-state index contributed by atoms with van der Waals surface area (Å²) in [6, 6.07) is 0. The van der Waals surface area contributed by atoms with Gasteiger partial charge in [-0.15, -0.1) is 0 Å². The predicted octanol–water partition coefficient (Wildman–Crippen LogP) is 7.82. The van der Waals surface area contributed by atoms with Crippen LogP contribution in [0.15, 0.2) is 23.8 Å². The minimum atomic E-state index is 0.385. The molecule has 0 aromatic carbocycles. The summed E-state index contributed by atoms with van der Waals surface area (Å²) < 4.78 is 6.14. The first-order valence-corrected chi connectivity index (χ1v) is 12.7. The van der Waals surface area contributed by atoms with Crippen LogP contribution >= 0.6 is 0 Å². The Kier molecular flexibility index (Phi) is 6.11. The summed E-state index contributed by atoms with van der Waals surface area (Å²) in [4.78, 5) is 0. The quantitative estimate of drug-likeness (QED) is 0.397. The Balaban J connectivity index is 1.50. The van der Waals surface area contributed by atoms with Crippen molar-refractivity contribution >= 4 is 0 Å². The van der Waals surface area contributed by atoms with Crippen LogP contribution in [0.3, 0.4) is 0 Å². The summed E-state index contributed by atoms with van der Waals surface area (Å²) in [7, 11) is 1.96. The first kappa shape index (κ1) is 21.7. The molecule has 4 fully saturated rings. The summed E-state index contributed by atoms with van der Waals surface area (Å²) in [5.41, 5.74) is 2.78. The lowest BCUT2D eigenvalue weighted by Crippen LogP contribution is -2.36. The normalized spacial score (nSPS) is 43.6. The van der Waals surface area contributed by atoms with Crippen LogP contribution in [-0.2, 0) is 4.74 Å². The molecule has 0 aliphatic heterocycles. The third-order valence-electron chi connectivity index (χ3n) is 10.1. The second-order valence-electron chi connectivity index (χ2n) is 11.9. The zero-order valence-electron chi connectivity index (χ0n) is 20.0. The molecule has 2 unspecified atom stereocenters. The van der Waals surface area contributed by atoms with Crippen molar-refractivity contribution in [1.82, 2.24) is 0 Å². The van der Waals surface area contributed by atoms with Gasteiger partial charge in [0.1, 0.15) is 0 Å². The van der Waals surface area contributed by atoms with Gasteiger partial charge in [0, 0.05) is 12.5 Å². The Labute approximate surface area is 180 Å². The number of allylic oxidation sites excluding steroid dienone is 3. The van der Waals surface area contributed by atoms with E-state index in [1.165, 1.54) is 57.8 Å². The molecule has 0 aromatic heterocycles. The fraction of sp³-hybridized carbons (Fsp3) is 0.857. The average Bonchev–Trinajstić information content (AvgIpc) is 3.05. The number of ether oxygens (including phenoxy) is 1. The number of rotatable bonds is 7. The third kappa shape index (κ3) is 3.79. The van der Waals surface area contributed by atoms with E-state index in [4.69, 9.17) is 4.74 Å². The summed E-state index contributed by atoms with van der Waals surface area (Å²) in [5, 5.41) is 0. The monoisotopic (exact) mass is 398 g/mol. The minimum absolute atomic E-state index is 0.385. The largest absolute Gasteiger partial charge is 0.377 e. The fourth-order valence-electron chi connectivity index (χ4n) is 7.78. The molecule has 0 saturated heterocycles. The second kappa shape index (κ2) is 8.18. The lowest BCUT2D eigenvalue weighted by Gasteiger charge is -2.44. The Morgan fingerprint density at radius 3 is 2.41 bits per heavy atom. The highest BCUT2D eigenvalue weighted by Crippen LogP contribution is 2.67. The molecule has 4 rings (SSSR count). The van der Waals surface area contributed by atoms with E-state index in [9.17, 15) is 0 Å². The predicted molar refractivity (Wildman–Crippen MR) is 124 cm³/mol. The Morgan fingerprint density at radius 2 is 1.79 bits per heavy atom.